The molecule has 3 aromatic rings. The molecule has 0 unspecified atom stereocenters. The number of carbonyl (C=O) groups is 1. The number of thiazole rings is 1. The number of amides is 1. The summed E-state index contributed by atoms with van der Waals surface area (Å²) < 4.78 is 1.82. The average molecular weight is 484 g/mol. The highest BCUT2D eigenvalue weighted by molar-refractivity contribution is 14.1. The van der Waals surface area contributed by atoms with E-state index in [-0.39, 0.29) is 10.6 Å². The Labute approximate surface area is 167 Å². The third-order valence-electron chi connectivity index (χ3n) is 4.14. The summed E-state index contributed by atoms with van der Waals surface area (Å²) in [6.45, 7) is 0.728. The molecule has 1 amide bonds. The number of fused-ring (bicyclic) bond motifs is 1. The zero-order chi connectivity index (χ0) is 18.7. The van der Waals surface area contributed by atoms with Crippen molar-refractivity contribution in [3.63, 3.8) is 0 Å². The summed E-state index contributed by atoms with van der Waals surface area (Å²) >= 11 is 3.26. The molecule has 26 heavy (non-hydrogen) atoms. The molecule has 0 atom stereocenters. The summed E-state index contributed by atoms with van der Waals surface area (Å²) in [5.74, 6) is 0.0240. The zero-order valence-corrected chi connectivity index (χ0v) is 16.7. The number of hydrogen-bond acceptors (Lipinski definition) is 4. The van der Waals surface area contributed by atoms with Crippen molar-refractivity contribution in [1.82, 2.24) is 9.88 Å². The molecule has 0 aliphatic heterocycles. The number of aromatic amines is 1. The molecule has 8 heteroatoms. The van der Waals surface area contributed by atoms with Crippen molar-refractivity contribution < 1.29 is 15.0 Å². The van der Waals surface area contributed by atoms with Gasteiger partial charge < -0.3 is 20.1 Å². The molecule has 0 fully saturated rings. The molecule has 1 heterocycles. The predicted octanol–water partition coefficient (Wildman–Crippen LogP) is 3.67. The van der Waals surface area contributed by atoms with Crippen molar-refractivity contribution in [3.8, 4) is 5.75 Å². The van der Waals surface area contributed by atoms with Gasteiger partial charge >= 0.3 is 11.0 Å². The van der Waals surface area contributed by atoms with Crippen LogP contribution in [0.2, 0.25) is 0 Å². The molecular formula is C18H17IN2O4S. The molecule has 0 radical (unpaired) electrons. The summed E-state index contributed by atoms with van der Waals surface area (Å²) in [5, 5.41) is 19.3. The predicted molar refractivity (Wildman–Crippen MR) is 110 cm³/mol. The lowest BCUT2D eigenvalue weighted by molar-refractivity contribution is 0.146. The number of rotatable bonds is 6. The Balaban J connectivity index is 1.69. The smallest absolute Gasteiger partial charge is 0.407 e. The first-order valence-corrected chi connectivity index (χ1v) is 9.89. The van der Waals surface area contributed by atoms with Gasteiger partial charge in [-0.2, -0.15) is 0 Å². The molecule has 0 saturated carbocycles. The van der Waals surface area contributed by atoms with Crippen LogP contribution >= 0.6 is 33.9 Å². The van der Waals surface area contributed by atoms with Crippen molar-refractivity contribution in [3.05, 3.63) is 60.8 Å². The van der Waals surface area contributed by atoms with E-state index in [2.05, 4.69) is 27.6 Å². The van der Waals surface area contributed by atoms with Gasteiger partial charge in [-0.15, -0.1) is 0 Å². The van der Waals surface area contributed by atoms with Crippen LogP contribution in [0.4, 0.5) is 4.79 Å². The van der Waals surface area contributed by atoms with E-state index in [1.54, 1.807) is 6.07 Å². The van der Waals surface area contributed by atoms with E-state index < -0.39 is 6.09 Å². The minimum Gasteiger partial charge on any atom is -0.506 e. The van der Waals surface area contributed by atoms with Crippen molar-refractivity contribution in [2.75, 3.05) is 13.1 Å². The maximum Gasteiger partial charge on any atom is 0.407 e. The minimum atomic E-state index is -0.965. The van der Waals surface area contributed by atoms with Crippen LogP contribution in [-0.4, -0.2) is 39.3 Å². The lowest BCUT2D eigenvalue weighted by Crippen LogP contribution is -2.33. The molecule has 3 rings (SSSR count). The number of nitrogens with zero attached hydrogens (tertiary/aromatic N) is 1. The van der Waals surface area contributed by atoms with E-state index >= 15 is 0 Å². The zero-order valence-electron chi connectivity index (χ0n) is 13.7. The van der Waals surface area contributed by atoms with Crippen molar-refractivity contribution in [2.45, 2.75) is 12.8 Å². The second kappa shape index (κ2) is 8.09. The van der Waals surface area contributed by atoms with E-state index in [9.17, 15) is 19.8 Å². The SMILES string of the molecule is O=C(O)N(CCc1ccc(I)cc1)CCc1ccc(O)c2[nH]c(=O)sc12. The van der Waals surface area contributed by atoms with Gasteiger partial charge in [-0.25, -0.2) is 4.79 Å². The van der Waals surface area contributed by atoms with Gasteiger partial charge in [0.2, 0.25) is 0 Å². The average Bonchev–Trinajstić information content (AvgIpc) is 3.00. The number of aromatic nitrogens is 1. The number of H-pyrrole nitrogens is 1. The van der Waals surface area contributed by atoms with Crippen molar-refractivity contribution >= 4 is 50.2 Å². The van der Waals surface area contributed by atoms with Gasteiger partial charge in [0.25, 0.3) is 0 Å². The largest absolute Gasteiger partial charge is 0.506 e. The molecule has 1 aromatic heterocycles. The normalized spacial score (nSPS) is 11.0. The van der Waals surface area contributed by atoms with E-state index in [1.165, 1.54) is 11.0 Å². The number of aromatic hydroxyl groups is 1. The van der Waals surface area contributed by atoms with Crippen molar-refractivity contribution in [2.24, 2.45) is 0 Å². The van der Waals surface area contributed by atoms with Gasteiger partial charge in [0, 0.05) is 16.7 Å². The summed E-state index contributed by atoms with van der Waals surface area (Å²) in [6.07, 6.45) is 0.155. The van der Waals surface area contributed by atoms with Gasteiger partial charge in [-0.3, -0.25) is 4.79 Å². The highest BCUT2D eigenvalue weighted by atomic mass is 127. The third kappa shape index (κ3) is 4.36. The molecule has 3 N–H and O–H groups in total. The lowest BCUT2D eigenvalue weighted by Gasteiger charge is -2.19. The first-order valence-electron chi connectivity index (χ1n) is 8.00. The Morgan fingerprint density at radius 2 is 1.81 bits per heavy atom. The fourth-order valence-electron chi connectivity index (χ4n) is 2.74. The topological polar surface area (TPSA) is 93.6 Å². The summed E-state index contributed by atoms with van der Waals surface area (Å²) in [5.41, 5.74) is 2.35. The van der Waals surface area contributed by atoms with E-state index in [4.69, 9.17) is 0 Å². The van der Waals surface area contributed by atoms with Crippen LogP contribution in [0.3, 0.4) is 0 Å². The van der Waals surface area contributed by atoms with E-state index in [1.807, 2.05) is 24.3 Å². The van der Waals surface area contributed by atoms with Gasteiger partial charge in [-0.1, -0.05) is 29.5 Å². The van der Waals surface area contributed by atoms with Crippen LogP contribution in [0.15, 0.2) is 41.2 Å². The lowest BCUT2D eigenvalue weighted by atomic mass is 10.1. The summed E-state index contributed by atoms with van der Waals surface area (Å²) in [4.78, 5) is 26.9. The van der Waals surface area contributed by atoms with Crippen LogP contribution in [0.5, 0.6) is 5.75 Å². The second-order valence-corrected chi connectivity index (χ2v) is 8.09. The molecular weight excluding hydrogens is 467 g/mol. The number of phenolic OH excluding ortho intramolecular Hbond substituents is 1. The molecule has 136 valence electrons. The van der Waals surface area contributed by atoms with Crippen molar-refractivity contribution in [1.29, 1.82) is 0 Å². The van der Waals surface area contributed by atoms with Gasteiger partial charge in [-0.05, 0) is 64.8 Å². The standard InChI is InChI=1S/C18H17IN2O4S/c19-13-4-1-11(2-5-13)7-9-21(18(24)25)10-8-12-3-6-14(22)15-16(12)26-17(23)20-15/h1-6,22H,7-10H2,(H,20,23)(H,24,25). The van der Waals surface area contributed by atoms with Gasteiger partial charge in [0.15, 0.2) is 0 Å². The van der Waals surface area contributed by atoms with Crippen LogP contribution in [0, 0.1) is 3.57 Å². The number of phenols is 1. The van der Waals surface area contributed by atoms with Crippen LogP contribution in [0.25, 0.3) is 10.2 Å². The minimum absolute atomic E-state index is 0.0240. The Kier molecular flexibility index (Phi) is 5.82. The molecule has 6 nitrogen and oxygen atoms in total. The number of nitrogens with one attached hydrogen (secondary N) is 1. The first-order chi connectivity index (χ1) is 12.4. The quantitative estimate of drug-likeness (QED) is 0.466. The summed E-state index contributed by atoms with van der Waals surface area (Å²) in [6, 6.07) is 11.3. The second-order valence-electron chi connectivity index (χ2n) is 5.86. The Bertz CT molecular complexity index is 981. The molecule has 0 aliphatic carbocycles. The van der Waals surface area contributed by atoms with Gasteiger partial charge in [0.05, 0.1) is 4.70 Å². The highest BCUT2D eigenvalue weighted by Gasteiger charge is 2.14. The Morgan fingerprint density at radius 1 is 1.12 bits per heavy atom. The fraction of sp³-hybridized carbons (Fsp3) is 0.222. The molecule has 0 aliphatic rings. The Hall–Kier alpha value is -2.07. The van der Waals surface area contributed by atoms with Crippen LogP contribution < -0.4 is 4.87 Å². The third-order valence-corrected chi connectivity index (χ3v) is 5.82. The number of benzene rings is 2. The maximum absolute atomic E-state index is 11.6. The molecule has 0 saturated heterocycles. The van der Waals surface area contributed by atoms with Gasteiger partial charge in [0.1, 0.15) is 11.3 Å². The highest BCUT2D eigenvalue weighted by Crippen LogP contribution is 2.28. The summed E-state index contributed by atoms with van der Waals surface area (Å²) in [7, 11) is 0. The van der Waals surface area contributed by atoms with E-state index in [0.29, 0.717) is 36.1 Å². The first kappa shape index (κ1) is 18.7. The number of halogens is 1. The maximum atomic E-state index is 11.6. The Morgan fingerprint density at radius 3 is 2.50 bits per heavy atom. The fourth-order valence-corrected chi connectivity index (χ4v) is 4.00. The monoisotopic (exact) mass is 484 g/mol. The molecule has 2 aromatic carbocycles. The number of carboxylic acid groups (broad SMARTS) is 1. The van der Waals surface area contributed by atoms with Crippen LogP contribution in [-0.2, 0) is 12.8 Å². The number of hydrogen-bond donors (Lipinski definition) is 3. The van der Waals surface area contributed by atoms with Crippen LogP contribution in [0.1, 0.15) is 11.1 Å². The molecule has 0 bridgehead atoms. The molecule has 0 spiro atoms. The van der Waals surface area contributed by atoms with E-state index in [0.717, 1.165) is 26.0 Å².